The first-order chi connectivity index (χ1) is 9.46. The molecule has 4 nitrogen and oxygen atoms in total. The van der Waals surface area contributed by atoms with Crippen LogP contribution in [0.15, 0.2) is 23.1 Å². The van der Waals surface area contributed by atoms with Crippen molar-refractivity contribution in [2.24, 2.45) is 0 Å². The molecule has 0 aromatic heterocycles. The van der Waals surface area contributed by atoms with Gasteiger partial charge in [-0.1, -0.05) is 11.6 Å². The van der Waals surface area contributed by atoms with Gasteiger partial charge in [-0.05, 0) is 37.5 Å². The van der Waals surface area contributed by atoms with E-state index in [0.717, 1.165) is 31.4 Å². The van der Waals surface area contributed by atoms with Gasteiger partial charge < -0.3 is 5.32 Å². The zero-order valence-electron chi connectivity index (χ0n) is 11.3. The molecule has 1 aromatic carbocycles. The van der Waals surface area contributed by atoms with Crippen LogP contribution in [0.25, 0.3) is 0 Å². The van der Waals surface area contributed by atoms with Crippen LogP contribution in [0.3, 0.4) is 0 Å². The van der Waals surface area contributed by atoms with Gasteiger partial charge in [0.15, 0.2) is 0 Å². The smallest absolute Gasteiger partial charge is 0.244 e. The maximum absolute atomic E-state index is 13.3. The van der Waals surface area contributed by atoms with Crippen LogP contribution in [0.1, 0.15) is 19.3 Å². The first-order valence-corrected chi connectivity index (χ1v) is 8.50. The third kappa shape index (κ3) is 3.35. The molecule has 0 aliphatic carbocycles. The summed E-state index contributed by atoms with van der Waals surface area (Å²) >= 11 is 5.93. The van der Waals surface area contributed by atoms with Crippen LogP contribution < -0.4 is 5.32 Å². The number of halogens is 3. The van der Waals surface area contributed by atoms with E-state index in [1.807, 2.05) is 0 Å². The second-order valence-electron chi connectivity index (χ2n) is 5.36. The van der Waals surface area contributed by atoms with Gasteiger partial charge in [0.1, 0.15) is 10.7 Å². The lowest BCUT2D eigenvalue weighted by atomic mass is 10.1. The molecule has 3 rings (SSSR count). The van der Waals surface area contributed by atoms with Gasteiger partial charge in [0.05, 0.1) is 5.02 Å². The number of nitrogens with zero attached hydrogens (tertiary/aromatic N) is 1. The number of benzene rings is 1. The highest BCUT2D eigenvalue weighted by Crippen LogP contribution is 2.29. The molecular formula is C13H17Cl2FN2O2S. The standard InChI is InChI=1S/C13H16ClFN2O2S.ClH/c14-12-4-1-9(15)7-13(12)20(18,19)17-6-5-10-2-3-11(8-17)16-10;/h1,4,7,10-11,16H,2-3,5-6,8H2;1H. The van der Waals surface area contributed by atoms with Crippen LogP contribution in [0, 0.1) is 5.82 Å². The van der Waals surface area contributed by atoms with E-state index in [9.17, 15) is 12.8 Å². The van der Waals surface area contributed by atoms with Gasteiger partial charge in [-0.2, -0.15) is 4.31 Å². The van der Waals surface area contributed by atoms with Crippen molar-refractivity contribution in [2.75, 3.05) is 13.1 Å². The number of hydrogen-bond donors (Lipinski definition) is 1. The minimum absolute atomic E-state index is 0. The van der Waals surface area contributed by atoms with Crippen LogP contribution in [-0.2, 0) is 10.0 Å². The Balaban J connectivity index is 0.00000161. The second kappa shape index (κ2) is 6.38. The van der Waals surface area contributed by atoms with Crippen molar-refractivity contribution in [3.05, 3.63) is 29.0 Å². The first kappa shape index (κ1) is 17.0. The Bertz CT molecular complexity index is 627. The maximum atomic E-state index is 13.3. The van der Waals surface area contributed by atoms with Gasteiger partial charge in [0.2, 0.25) is 10.0 Å². The number of rotatable bonds is 2. The fourth-order valence-electron chi connectivity index (χ4n) is 2.94. The molecule has 0 radical (unpaired) electrons. The van der Waals surface area contributed by atoms with Gasteiger partial charge in [-0.3, -0.25) is 0 Å². The Morgan fingerprint density at radius 1 is 1.24 bits per heavy atom. The molecule has 2 saturated heterocycles. The monoisotopic (exact) mass is 354 g/mol. The van der Waals surface area contributed by atoms with Gasteiger partial charge >= 0.3 is 0 Å². The van der Waals surface area contributed by atoms with Crippen molar-refractivity contribution in [2.45, 2.75) is 36.2 Å². The molecule has 0 saturated carbocycles. The molecule has 21 heavy (non-hydrogen) atoms. The Labute approximate surface area is 135 Å². The van der Waals surface area contributed by atoms with Crippen LogP contribution in [0.2, 0.25) is 5.02 Å². The summed E-state index contributed by atoms with van der Waals surface area (Å²) in [5.41, 5.74) is 0. The molecule has 2 unspecified atom stereocenters. The summed E-state index contributed by atoms with van der Waals surface area (Å²) in [7, 11) is -3.74. The largest absolute Gasteiger partial charge is 0.310 e. The predicted molar refractivity (Wildman–Crippen MR) is 82.0 cm³/mol. The summed E-state index contributed by atoms with van der Waals surface area (Å²) in [4.78, 5) is -0.142. The predicted octanol–water partition coefficient (Wildman–Crippen LogP) is 2.42. The topological polar surface area (TPSA) is 49.4 Å². The molecular weight excluding hydrogens is 338 g/mol. The van der Waals surface area contributed by atoms with E-state index in [1.54, 1.807) is 0 Å². The van der Waals surface area contributed by atoms with Gasteiger partial charge in [0, 0.05) is 25.2 Å². The lowest BCUT2D eigenvalue weighted by molar-refractivity contribution is 0.383. The molecule has 0 spiro atoms. The van der Waals surface area contributed by atoms with E-state index < -0.39 is 15.8 Å². The van der Waals surface area contributed by atoms with Crippen LogP contribution in [0.4, 0.5) is 4.39 Å². The van der Waals surface area contributed by atoms with Crippen molar-refractivity contribution in [1.29, 1.82) is 0 Å². The normalized spacial score (nSPS) is 26.2. The molecule has 1 N–H and O–H groups in total. The summed E-state index contributed by atoms with van der Waals surface area (Å²) in [5, 5.41) is 3.48. The molecule has 118 valence electrons. The summed E-state index contributed by atoms with van der Waals surface area (Å²) in [6, 6.07) is 4.01. The lowest BCUT2D eigenvalue weighted by Crippen LogP contribution is -2.39. The maximum Gasteiger partial charge on any atom is 0.244 e. The zero-order chi connectivity index (χ0) is 14.3. The lowest BCUT2D eigenvalue weighted by Gasteiger charge is -2.24. The number of nitrogens with one attached hydrogen (secondary N) is 1. The molecule has 2 aliphatic heterocycles. The molecule has 8 heteroatoms. The van der Waals surface area contributed by atoms with E-state index in [-0.39, 0.29) is 28.4 Å². The van der Waals surface area contributed by atoms with E-state index in [1.165, 1.54) is 10.4 Å². The van der Waals surface area contributed by atoms with Crippen LogP contribution in [-0.4, -0.2) is 37.9 Å². The Morgan fingerprint density at radius 3 is 2.71 bits per heavy atom. The van der Waals surface area contributed by atoms with Crippen LogP contribution >= 0.6 is 24.0 Å². The Hall–Kier alpha value is -0.400. The quantitative estimate of drug-likeness (QED) is 0.887. The molecule has 2 bridgehead atoms. The van der Waals surface area contributed by atoms with E-state index in [2.05, 4.69) is 5.32 Å². The molecule has 2 aliphatic rings. The van der Waals surface area contributed by atoms with Gasteiger partial charge in [0.25, 0.3) is 0 Å². The van der Waals surface area contributed by atoms with E-state index in [0.29, 0.717) is 19.1 Å². The summed E-state index contributed by atoms with van der Waals surface area (Å²) < 4.78 is 40.0. The van der Waals surface area contributed by atoms with Crippen molar-refractivity contribution >= 4 is 34.0 Å². The fourth-order valence-corrected chi connectivity index (χ4v) is 4.93. The van der Waals surface area contributed by atoms with Crippen molar-refractivity contribution < 1.29 is 12.8 Å². The van der Waals surface area contributed by atoms with Crippen molar-refractivity contribution in [3.8, 4) is 0 Å². The highest BCUT2D eigenvalue weighted by atomic mass is 35.5. The van der Waals surface area contributed by atoms with Gasteiger partial charge in [-0.25, -0.2) is 12.8 Å². The molecule has 2 heterocycles. The second-order valence-corrected chi connectivity index (χ2v) is 7.68. The molecule has 2 fully saturated rings. The number of hydrogen-bond acceptors (Lipinski definition) is 3. The Kier molecular flexibility index (Phi) is 5.15. The van der Waals surface area contributed by atoms with Crippen LogP contribution in [0.5, 0.6) is 0 Å². The molecule has 2 atom stereocenters. The van der Waals surface area contributed by atoms with Crippen molar-refractivity contribution in [3.63, 3.8) is 0 Å². The van der Waals surface area contributed by atoms with E-state index >= 15 is 0 Å². The summed E-state index contributed by atoms with van der Waals surface area (Å²) in [6.07, 6.45) is 2.86. The van der Waals surface area contributed by atoms with Crippen molar-refractivity contribution in [1.82, 2.24) is 9.62 Å². The zero-order valence-corrected chi connectivity index (χ0v) is 13.6. The van der Waals surface area contributed by atoms with E-state index in [4.69, 9.17) is 11.6 Å². The SMILES string of the molecule is Cl.O=S(=O)(c1cc(F)ccc1Cl)N1CCC2CCC(C1)N2. The first-order valence-electron chi connectivity index (χ1n) is 6.68. The molecule has 0 amide bonds. The highest BCUT2D eigenvalue weighted by Gasteiger charge is 2.35. The summed E-state index contributed by atoms with van der Waals surface area (Å²) in [6.45, 7) is 0.870. The average molecular weight is 355 g/mol. The average Bonchev–Trinajstić information content (AvgIpc) is 2.71. The number of fused-ring (bicyclic) bond motifs is 2. The third-order valence-electron chi connectivity index (χ3n) is 4.00. The molecule has 1 aromatic rings. The minimum atomic E-state index is -3.74. The number of sulfonamides is 1. The minimum Gasteiger partial charge on any atom is -0.310 e. The summed E-state index contributed by atoms with van der Waals surface area (Å²) in [5.74, 6) is -0.595. The highest BCUT2D eigenvalue weighted by molar-refractivity contribution is 7.89. The third-order valence-corrected chi connectivity index (χ3v) is 6.34. The Morgan fingerprint density at radius 2 is 1.95 bits per heavy atom. The fraction of sp³-hybridized carbons (Fsp3) is 0.538. The van der Waals surface area contributed by atoms with Gasteiger partial charge in [-0.15, -0.1) is 12.4 Å².